The molecule has 0 bridgehead atoms. The third-order valence-corrected chi connectivity index (χ3v) is 2.83. The van der Waals surface area contributed by atoms with Gasteiger partial charge in [0.25, 0.3) is 5.91 Å². The smallest absolute Gasteiger partial charge is 0.254 e. The van der Waals surface area contributed by atoms with Crippen LogP contribution >= 0.6 is 0 Å². The molecule has 19 heavy (non-hydrogen) atoms. The van der Waals surface area contributed by atoms with Gasteiger partial charge in [-0.2, -0.15) is 0 Å². The molecule has 1 N–H and O–H groups in total. The first-order valence-electron chi connectivity index (χ1n) is 7.15. The van der Waals surface area contributed by atoms with E-state index in [0.29, 0.717) is 0 Å². The first kappa shape index (κ1) is 17.6. The maximum absolute atomic E-state index is 13.5. The molecule has 1 aromatic carbocycles. The molecule has 0 saturated carbocycles. The second-order valence-electron chi connectivity index (χ2n) is 4.35. The van der Waals surface area contributed by atoms with Crippen molar-refractivity contribution in [1.29, 1.82) is 0 Å². The lowest BCUT2D eigenvalue weighted by atomic mass is 10.1. The molecule has 0 heterocycles. The largest absolute Gasteiger partial charge is 0.349 e. The summed E-state index contributed by atoms with van der Waals surface area (Å²) in [5.41, 5.74) is 1.03. The number of carbonyl (C=O) groups excluding carboxylic acids is 1. The summed E-state index contributed by atoms with van der Waals surface area (Å²) in [5, 5.41) is 2.87. The normalized spacial score (nSPS) is 11.3. The second kappa shape index (κ2) is 9.54. The highest BCUT2D eigenvalue weighted by Crippen LogP contribution is 2.11. The standard InChI is InChI=1S/C14H20FNO.C2H6/c1-4-6-11(5-2)16-14(17)12-9-10(3)7-8-13(12)15;1-2/h7-9,11H,4-6H2,1-3H3,(H,16,17);1-2H3. The summed E-state index contributed by atoms with van der Waals surface area (Å²) >= 11 is 0. The Kier molecular flexibility index (Phi) is 8.84. The number of rotatable bonds is 5. The van der Waals surface area contributed by atoms with Crippen LogP contribution in [0.4, 0.5) is 4.39 Å². The zero-order valence-corrected chi connectivity index (χ0v) is 12.7. The highest BCUT2D eigenvalue weighted by molar-refractivity contribution is 5.94. The number of halogens is 1. The van der Waals surface area contributed by atoms with Crippen molar-refractivity contribution in [2.24, 2.45) is 0 Å². The van der Waals surface area contributed by atoms with Crippen LogP contribution in [-0.4, -0.2) is 11.9 Å². The Balaban J connectivity index is 0.00000154. The minimum atomic E-state index is -0.459. The molecular weight excluding hydrogens is 241 g/mol. The van der Waals surface area contributed by atoms with Crippen LogP contribution in [0.2, 0.25) is 0 Å². The maximum Gasteiger partial charge on any atom is 0.254 e. The Morgan fingerprint density at radius 1 is 1.32 bits per heavy atom. The fourth-order valence-corrected chi connectivity index (χ4v) is 1.80. The highest BCUT2D eigenvalue weighted by atomic mass is 19.1. The van der Waals surface area contributed by atoms with Gasteiger partial charge in [0.05, 0.1) is 5.56 Å². The van der Waals surface area contributed by atoms with E-state index in [2.05, 4.69) is 12.2 Å². The van der Waals surface area contributed by atoms with Crippen molar-refractivity contribution in [3.63, 3.8) is 0 Å². The van der Waals surface area contributed by atoms with E-state index in [0.717, 1.165) is 24.8 Å². The molecule has 1 aromatic rings. The second-order valence-corrected chi connectivity index (χ2v) is 4.35. The summed E-state index contributed by atoms with van der Waals surface area (Å²) < 4.78 is 13.5. The van der Waals surface area contributed by atoms with Gasteiger partial charge in [0.2, 0.25) is 0 Å². The van der Waals surface area contributed by atoms with Gasteiger partial charge in [-0.15, -0.1) is 0 Å². The van der Waals surface area contributed by atoms with Crippen LogP contribution in [0.1, 0.15) is 62.9 Å². The van der Waals surface area contributed by atoms with Gasteiger partial charge in [-0.1, -0.05) is 45.7 Å². The number of benzene rings is 1. The summed E-state index contributed by atoms with van der Waals surface area (Å²) in [6, 6.07) is 4.72. The number of carbonyl (C=O) groups is 1. The zero-order valence-electron chi connectivity index (χ0n) is 12.7. The molecule has 3 heteroatoms. The average molecular weight is 267 g/mol. The van der Waals surface area contributed by atoms with Crippen LogP contribution in [0.15, 0.2) is 18.2 Å². The monoisotopic (exact) mass is 267 g/mol. The zero-order chi connectivity index (χ0) is 14.8. The molecular formula is C16H26FNO. The van der Waals surface area contributed by atoms with Gasteiger partial charge >= 0.3 is 0 Å². The summed E-state index contributed by atoms with van der Waals surface area (Å²) in [4.78, 5) is 11.9. The molecule has 108 valence electrons. The minimum absolute atomic E-state index is 0.132. The predicted molar refractivity (Wildman–Crippen MR) is 78.9 cm³/mol. The van der Waals surface area contributed by atoms with Gasteiger partial charge < -0.3 is 5.32 Å². The van der Waals surface area contributed by atoms with Crippen LogP contribution in [0, 0.1) is 12.7 Å². The molecule has 2 nitrogen and oxygen atoms in total. The van der Waals surface area contributed by atoms with E-state index < -0.39 is 5.82 Å². The summed E-state index contributed by atoms with van der Waals surface area (Å²) in [6.07, 6.45) is 2.80. The van der Waals surface area contributed by atoms with E-state index >= 15 is 0 Å². The Hall–Kier alpha value is -1.38. The van der Waals surface area contributed by atoms with Crippen molar-refractivity contribution in [1.82, 2.24) is 5.32 Å². The fraction of sp³-hybridized carbons (Fsp3) is 0.562. The SMILES string of the molecule is CC.CCCC(CC)NC(=O)c1cc(C)ccc1F. The predicted octanol–water partition coefficient (Wildman–Crippen LogP) is 4.47. The topological polar surface area (TPSA) is 29.1 Å². The Bertz CT molecular complexity index is 390. The molecule has 0 aliphatic carbocycles. The van der Waals surface area contributed by atoms with Gasteiger partial charge in [0.1, 0.15) is 5.82 Å². The van der Waals surface area contributed by atoms with Crippen LogP contribution in [0.3, 0.4) is 0 Å². The van der Waals surface area contributed by atoms with Gasteiger partial charge in [-0.3, -0.25) is 4.79 Å². The first-order valence-corrected chi connectivity index (χ1v) is 7.15. The van der Waals surface area contributed by atoms with Gasteiger partial charge in [-0.05, 0) is 31.9 Å². The van der Waals surface area contributed by atoms with Crippen molar-refractivity contribution in [2.45, 2.75) is 59.9 Å². The molecule has 1 rings (SSSR count). The lowest BCUT2D eigenvalue weighted by molar-refractivity contribution is 0.0929. The molecule has 0 radical (unpaired) electrons. The van der Waals surface area contributed by atoms with E-state index in [1.54, 1.807) is 12.1 Å². The molecule has 0 fully saturated rings. The van der Waals surface area contributed by atoms with Crippen LogP contribution in [-0.2, 0) is 0 Å². The van der Waals surface area contributed by atoms with Crippen molar-refractivity contribution in [3.8, 4) is 0 Å². The van der Waals surface area contributed by atoms with Crippen LogP contribution in [0.5, 0.6) is 0 Å². The van der Waals surface area contributed by atoms with Crippen molar-refractivity contribution in [2.75, 3.05) is 0 Å². The quantitative estimate of drug-likeness (QED) is 0.838. The molecule has 0 aliphatic heterocycles. The number of hydrogen-bond acceptors (Lipinski definition) is 1. The molecule has 1 unspecified atom stereocenters. The number of aryl methyl sites for hydroxylation is 1. The van der Waals surface area contributed by atoms with Crippen molar-refractivity contribution < 1.29 is 9.18 Å². The van der Waals surface area contributed by atoms with Gasteiger partial charge in [0, 0.05) is 6.04 Å². The van der Waals surface area contributed by atoms with Gasteiger partial charge in [-0.25, -0.2) is 4.39 Å². The van der Waals surface area contributed by atoms with E-state index in [1.807, 2.05) is 27.7 Å². The average Bonchev–Trinajstić information content (AvgIpc) is 2.43. The van der Waals surface area contributed by atoms with Crippen molar-refractivity contribution in [3.05, 3.63) is 35.1 Å². The highest BCUT2D eigenvalue weighted by Gasteiger charge is 2.15. The molecule has 0 saturated heterocycles. The van der Waals surface area contributed by atoms with Gasteiger partial charge in [0.15, 0.2) is 0 Å². The number of amides is 1. The van der Waals surface area contributed by atoms with E-state index in [1.165, 1.54) is 6.07 Å². The van der Waals surface area contributed by atoms with E-state index in [4.69, 9.17) is 0 Å². The molecule has 0 spiro atoms. The van der Waals surface area contributed by atoms with Crippen LogP contribution in [0.25, 0.3) is 0 Å². The first-order chi connectivity index (χ1) is 9.08. The Morgan fingerprint density at radius 2 is 1.95 bits per heavy atom. The fourth-order valence-electron chi connectivity index (χ4n) is 1.80. The third-order valence-electron chi connectivity index (χ3n) is 2.83. The van der Waals surface area contributed by atoms with E-state index in [-0.39, 0.29) is 17.5 Å². The lowest BCUT2D eigenvalue weighted by Gasteiger charge is -2.16. The van der Waals surface area contributed by atoms with Crippen LogP contribution < -0.4 is 5.32 Å². The molecule has 0 aromatic heterocycles. The lowest BCUT2D eigenvalue weighted by Crippen LogP contribution is -2.34. The Morgan fingerprint density at radius 3 is 2.47 bits per heavy atom. The third kappa shape index (κ3) is 5.86. The van der Waals surface area contributed by atoms with Crippen molar-refractivity contribution >= 4 is 5.91 Å². The molecule has 1 amide bonds. The summed E-state index contributed by atoms with van der Waals surface area (Å²) in [6.45, 7) is 9.94. The molecule has 1 atom stereocenters. The maximum atomic E-state index is 13.5. The number of nitrogens with one attached hydrogen (secondary N) is 1. The number of hydrogen-bond donors (Lipinski definition) is 1. The summed E-state index contributed by atoms with van der Waals surface area (Å²) in [5.74, 6) is -0.772. The molecule has 0 aliphatic rings. The van der Waals surface area contributed by atoms with E-state index in [9.17, 15) is 9.18 Å². The minimum Gasteiger partial charge on any atom is -0.349 e. The summed E-state index contributed by atoms with van der Waals surface area (Å²) in [7, 11) is 0. The Labute approximate surface area is 116 Å².